The SMILES string of the molecule is CCn1c(C(O)COC)nc2c(N3CCOCC3)nc(-n3cc(-c4ccccc4)cn3)nc21. The van der Waals surface area contributed by atoms with E-state index in [9.17, 15) is 5.11 Å². The molecule has 1 unspecified atom stereocenters. The first-order valence-corrected chi connectivity index (χ1v) is 11.1. The Kier molecular flexibility index (Phi) is 6.03. The Bertz CT molecular complexity index is 1230. The van der Waals surface area contributed by atoms with Crippen LogP contribution in [0.2, 0.25) is 0 Å². The molecule has 4 aromatic rings. The molecule has 10 nitrogen and oxygen atoms in total. The zero-order valence-corrected chi connectivity index (χ0v) is 18.8. The summed E-state index contributed by atoms with van der Waals surface area (Å²) in [6, 6.07) is 10.1. The van der Waals surface area contributed by atoms with Gasteiger partial charge >= 0.3 is 0 Å². The van der Waals surface area contributed by atoms with Gasteiger partial charge in [-0.15, -0.1) is 0 Å². The van der Waals surface area contributed by atoms with Crippen molar-refractivity contribution in [3.05, 3.63) is 48.5 Å². The van der Waals surface area contributed by atoms with Gasteiger partial charge in [0.15, 0.2) is 17.0 Å². The number of ether oxygens (including phenoxy) is 2. The smallest absolute Gasteiger partial charge is 0.254 e. The molecular weight excluding hydrogens is 422 g/mol. The van der Waals surface area contributed by atoms with Gasteiger partial charge in [-0.05, 0) is 12.5 Å². The lowest BCUT2D eigenvalue weighted by Gasteiger charge is -2.28. The third-order valence-corrected chi connectivity index (χ3v) is 5.74. The van der Waals surface area contributed by atoms with Crippen LogP contribution in [0.5, 0.6) is 0 Å². The highest BCUT2D eigenvalue weighted by Crippen LogP contribution is 2.29. The lowest BCUT2D eigenvalue weighted by atomic mass is 10.1. The van der Waals surface area contributed by atoms with Crippen molar-refractivity contribution in [1.29, 1.82) is 0 Å². The quantitative estimate of drug-likeness (QED) is 0.458. The number of nitrogens with zero attached hydrogens (tertiary/aromatic N) is 7. The average Bonchev–Trinajstić information content (AvgIpc) is 3.50. The number of aromatic nitrogens is 6. The summed E-state index contributed by atoms with van der Waals surface area (Å²) >= 11 is 0. The van der Waals surface area contributed by atoms with Crippen LogP contribution in [0.15, 0.2) is 42.7 Å². The lowest BCUT2D eigenvalue weighted by Crippen LogP contribution is -2.37. The maximum Gasteiger partial charge on any atom is 0.254 e. The first-order chi connectivity index (χ1) is 16.2. The standard InChI is InChI=1S/C23H27N7O3/c1-3-29-20(18(31)15-32-2)25-19-21(28-9-11-33-12-10-28)26-23(27-22(19)29)30-14-17(13-24-30)16-7-5-4-6-8-16/h4-8,13-14,18,31H,3,9-12,15H2,1-2H3. The number of aryl methyl sites for hydroxylation is 1. The number of hydrogen-bond donors (Lipinski definition) is 1. The Morgan fingerprint density at radius 3 is 2.61 bits per heavy atom. The number of benzene rings is 1. The van der Waals surface area contributed by atoms with Crippen LogP contribution >= 0.6 is 0 Å². The molecule has 1 aromatic carbocycles. The summed E-state index contributed by atoms with van der Waals surface area (Å²) in [6.45, 7) is 5.39. The maximum absolute atomic E-state index is 10.6. The predicted octanol–water partition coefficient (Wildman–Crippen LogP) is 2.22. The molecule has 10 heteroatoms. The highest BCUT2D eigenvalue weighted by molar-refractivity contribution is 5.85. The zero-order valence-electron chi connectivity index (χ0n) is 18.8. The molecule has 0 bridgehead atoms. The molecule has 1 atom stereocenters. The molecule has 0 spiro atoms. The molecular formula is C23H27N7O3. The third-order valence-electron chi connectivity index (χ3n) is 5.74. The maximum atomic E-state index is 10.6. The molecule has 0 radical (unpaired) electrons. The molecule has 172 valence electrons. The van der Waals surface area contributed by atoms with E-state index in [4.69, 9.17) is 24.4 Å². The van der Waals surface area contributed by atoms with E-state index in [0.717, 1.165) is 11.1 Å². The summed E-state index contributed by atoms with van der Waals surface area (Å²) in [7, 11) is 1.56. The molecule has 33 heavy (non-hydrogen) atoms. The Labute approximate surface area is 191 Å². The molecule has 1 saturated heterocycles. The summed E-state index contributed by atoms with van der Waals surface area (Å²) in [6.07, 6.45) is 2.87. The summed E-state index contributed by atoms with van der Waals surface area (Å²) < 4.78 is 14.3. The Balaban J connectivity index is 1.66. The second-order valence-corrected chi connectivity index (χ2v) is 7.84. The van der Waals surface area contributed by atoms with E-state index in [-0.39, 0.29) is 6.61 Å². The fourth-order valence-corrected chi connectivity index (χ4v) is 4.10. The molecule has 1 aliphatic heterocycles. The van der Waals surface area contributed by atoms with Gasteiger partial charge in [0.2, 0.25) is 0 Å². The molecule has 1 N–H and O–H groups in total. The van der Waals surface area contributed by atoms with E-state index < -0.39 is 6.10 Å². The molecule has 1 aliphatic rings. The summed E-state index contributed by atoms with van der Waals surface area (Å²) in [5, 5.41) is 15.2. The van der Waals surface area contributed by atoms with Gasteiger partial charge in [-0.25, -0.2) is 9.67 Å². The van der Waals surface area contributed by atoms with Crippen LogP contribution in [-0.4, -0.2) is 74.4 Å². The van der Waals surface area contributed by atoms with E-state index in [2.05, 4.69) is 10.00 Å². The van der Waals surface area contributed by atoms with Gasteiger partial charge in [-0.3, -0.25) is 0 Å². The van der Waals surface area contributed by atoms with Gasteiger partial charge in [0, 0.05) is 38.5 Å². The van der Waals surface area contributed by atoms with Gasteiger partial charge in [-0.2, -0.15) is 15.1 Å². The molecule has 1 fully saturated rings. The normalized spacial score (nSPS) is 15.3. The number of rotatable bonds is 7. The van der Waals surface area contributed by atoms with Crippen molar-refractivity contribution in [2.24, 2.45) is 0 Å². The fourth-order valence-electron chi connectivity index (χ4n) is 4.10. The van der Waals surface area contributed by atoms with Crippen LogP contribution in [-0.2, 0) is 16.0 Å². The number of imidazole rings is 1. The number of hydrogen-bond acceptors (Lipinski definition) is 8. The highest BCUT2D eigenvalue weighted by Gasteiger charge is 2.25. The Morgan fingerprint density at radius 2 is 1.88 bits per heavy atom. The van der Waals surface area contributed by atoms with Crippen molar-refractivity contribution in [2.45, 2.75) is 19.6 Å². The first-order valence-electron chi connectivity index (χ1n) is 11.1. The number of methoxy groups -OCH3 is 1. The van der Waals surface area contributed by atoms with Gasteiger partial charge in [0.1, 0.15) is 11.9 Å². The molecule has 3 aromatic heterocycles. The van der Waals surface area contributed by atoms with Crippen LogP contribution in [0.1, 0.15) is 18.9 Å². The fraction of sp³-hybridized carbons (Fsp3) is 0.391. The van der Waals surface area contributed by atoms with E-state index in [1.165, 1.54) is 0 Å². The van der Waals surface area contributed by atoms with Gasteiger partial charge in [0.25, 0.3) is 5.95 Å². The second kappa shape index (κ2) is 9.26. The number of fused-ring (bicyclic) bond motifs is 1. The molecule has 0 aliphatic carbocycles. The van der Waals surface area contributed by atoms with Crippen LogP contribution in [0, 0.1) is 0 Å². The van der Waals surface area contributed by atoms with Crippen molar-refractivity contribution in [3.63, 3.8) is 0 Å². The van der Waals surface area contributed by atoms with E-state index >= 15 is 0 Å². The van der Waals surface area contributed by atoms with Crippen molar-refractivity contribution >= 4 is 17.0 Å². The Hall–Kier alpha value is -3.34. The van der Waals surface area contributed by atoms with E-state index in [1.807, 2.05) is 54.2 Å². The molecule has 0 amide bonds. The predicted molar refractivity (Wildman–Crippen MR) is 123 cm³/mol. The monoisotopic (exact) mass is 449 g/mol. The van der Waals surface area contributed by atoms with Crippen LogP contribution in [0.25, 0.3) is 28.2 Å². The lowest BCUT2D eigenvalue weighted by molar-refractivity contribution is 0.0569. The zero-order chi connectivity index (χ0) is 22.8. The van der Waals surface area contributed by atoms with Gasteiger partial charge in [0.05, 0.1) is 26.0 Å². The highest BCUT2D eigenvalue weighted by atomic mass is 16.5. The summed E-state index contributed by atoms with van der Waals surface area (Å²) in [5.41, 5.74) is 3.36. The number of aliphatic hydroxyl groups excluding tert-OH is 1. The molecule has 5 rings (SSSR count). The van der Waals surface area contributed by atoms with Gasteiger partial charge < -0.3 is 24.0 Å². The summed E-state index contributed by atoms with van der Waals surface area (Å²) in [5.74, 6) is 1.68. The van der Waals surface area contributed by atoms with Crippen molar-refractivity contribution < 1.29 is 14.6 Å². The Morgan fingerprint density at radius 1 is 1.09 bits per heavy atom. The number of anilines is 1. The average molecular weight is 450 g/mol. The third kappa shape index (κ3) is 4.08. The minimum Gasteiger partial charge on any atom is -0.383 e. The van der Waals surface area contributed by atoms with E-state index in [1.54, 1.807) is 11.8 Å². The topological polar surface area (TPSA) is 103 Å². The minimum absolute atomic E-state index is 0.149. The van der Waals surface area contributed by atoms with Gasteiger partial charge in [-0.1, -0.05) is 30.3 Å². The first kappa shape index (κ1) is 21.5. The molecule has 0 saturated carbocycles. The van der Waals surface area contributed by atoms with Crippen LogP contribution in [0.3, 0.4) is 0 Å². The van der Waals surface area contributed by atoms with Crippen molar-refractivity contribution in [2.75, 3.05) is 44.9 Å². The van der Waals surface area contributed by atoms with Crippen molar-refractivity contribution in [1.82, 2.24) is 29.3 Å². The largest absolute Gasteiger partial charge is 0.383 e. The minimum atomic E-state index is -0.862. The second-order valence-electron chi connectivity index (χ2n) is 7.84. The number of aliphatic hydroxyl groups is 1. The summed E-state index contributed by atoms with van der Waals surface area (Å²) in [4.78, 5) is 16.6. The van der Waals surface area contributed by atoms with Crippen molar-refractivity contribution in [3.8, 4) is 17.1 Å². The van der Waals surface area contributed by atoms with Crippen LogP contribution < -0.4 is 4.90 Å². The molecule has 4 heterocycles. The van der Waals surface area contributed by atoms with E-state index in [0.29, 0.717) is 61.6 Å². The number of morpholine rings is 1. The van der Waals surface area contributed by atoms with Crippen LogP contribution in [0.4, 0.5) is 5.82 Å².